The first-order chi connectivity index (χ1) is 13.2. The Kier molecular flexibility index (Phi) is 10.5. The summed E-state index contributed by atoms with van der Waals surface area (Å²) in [4.78, 5) is 19.0. The topological polar surface area (TPSA) is 72.4 Å². The van der Waals surface area contributed by atoms with Crippen molar-refractivity contribution in [2.45, 2.75) is 46.0 Å². The summed E-state index contributed by atoms with van der Waals surface area (Å²) < 4.78 is 16.4. The molecule has 0 aromatic rings. The maximum atomic E-state index is 12.1. The highest BCUT2D eigenvalue weighted by molar-refractivity contribution is 5.81. The molecule has 2 heterocycles. The molecule has 2 rings (SSSR count). The van der Waals surface area contributed by atoms with Crippen LogP contribution in [-0.4, -0.2) is 76.0 Å². The molecule has 2 saturated heterocycles. The van der Waals surface area contributed by atoms with E-state index in [-0.39, 0.29) is 11.9 Å². The largest absolute Gasteiger partial charge is 0.466 e. The number of hydrogen-bond donors (Lipinski definition) is 1. The maximum absolute atomic E-state index is 12.1. The molecule has 0 aliphatic carbocycles. The molecule has 7 nitrogen and oxygen atoms in total. The van der Waals surface area contributed by atoms with Gasteiger partial charge in [-0.15, -0.1) is 0 Å². The highest BCUT2D eigenvalue weighted by Crippen LogP contribution is 2.18. The molecular weight excluding hydrogens is 346 g/mol. The molecule has 7 heteroatoms. The summed E-state index contributed by atoms with van der Waals surface area (Å²) in [7, 11) is 0. The van der Waals surface area contributed by atoms with Gasteiger partial charge in [0.25, 0.3) is 0 Å². The lowest BCUT2D eigenvalue weighted by Gasteiger charge is -2.34. The standard InChI is InChI=1S/C20H37N3O4/c1-3-21-20(23-11-5-7-18(15-23)19(24)27-4-2)22-10-6-12-26-16-17-8-13-25-14-9-17/h17-18H,3-16H2,1-2H3,(H,21,22). The normalized spacial score (nSPS) is 21.9. The summed E-state index contributed by atoms with van der Waals surface area (Å²) in [6, 6.07) is 0. The van der Waals surface area contributed by atoms with Crippen LogP contribution in [0.25, 0.3) is 0 Å². The summed E-state index contributed by atoms with van der Waals surface area (Å²) in [5, 5.41) is 3.36. The van der Waals surface area contributed by atoms with Crippen LogP contribution in [0.1, 0.15) is 46.0 Å². The Hall–Kier alpha value is -1.34. The van der Waals surface area contributed by atoms with E-state index in [1.54, 1.807) is 0 Å². The number of hydrogen-bond acceptors (Lipinski definition) is 5. The van der Waals surface area contributed by atoms with E-state index in [0.29, 0.717) is 19.1 Å². The van der Waals surface area contributed by atoms with Crippen LogP contribution in [0.5, 0.6) is 0 Å². The third-order valence-electron chi connectivity index (χ3n) is 5.08. The Balaban J connectivity index is 1.71. The van der Waals surface area contributed by atoms with Gasteiger partial charge in [0.05, 0.1) is 12.5 Å². The average Bonchev–Trinajstić information content (AvgIpc) is 2.71. The Bertz CT molecular complexity index is 453. The molecule has 0 saturated carbocycles. The van der Waals surface area contributed by atoms with E-state index in [1.165, 1.54) is 0 Å². The lowest BCUT2D eigenvalue weighted by Crippen LogP contribution is -2.48. The molecule has 2 aliphatic heterocycles. The van der Waals surface area contributed by atoms with E-state index in [4.69, 9.17) is 19.2 Å². The van der Waals surface area contributed by atoms with Gasteiger partial charge in [0.1, 0.15) is 0 Å². The van der Waals surface area contributed by atoms with Crippen molar-refractivity contribution in [3.63, 3.8) is 0 Å². The zero-order valence-electron chi connectivity index (χ0n) is 17.1. The highest BCUT2D eigenvalue weighted by atomic mass is 16.5. The first kappa shape index (κ1) is 22.0. The van der Waals surface area contributed by atoms with E-state index in [2.05, 4.69) is 17.1 Å². The van der Waals surface area contributed by atoms with Crippen molar-refractivity contribution in [3.05, 3.63) is 0 Å². The monoisotopic (exact) mass is 383 g/mol. The predicted octanol–water partition coefficient (Wildman–Crippen LogP) is 2.06. The summed E-state index contributed by atoms with van der Waals surface area (Å²) in [6.07, 6.45) is 5.02. The molecule has 0 radical (unpaired) electrons. The van der Waals surface area contributed by atoms with Crippen LogP contribution in [0.15, 0.2) is 4.99 Å². The maximum Gasteiger partial charge on any atom is 0.310 e. The molecule has 1 N–H and O–H groups in total. The number of rotatable bonds is 9. The van der Waals surface area contributed by atoms with Gasteiger partial charge in [-0.25, -0.2) is 0 Å². The van der Waals surface area contributed by atoms with Crippen LogP contribution < -0.4 is 5.32 Å². The first-order valence-electron chi connectivity index (χ1n) is 10.6. The fraction of sp³-hybridized carbons (Fsp3) is 0.900. The SMILES string of the molecule is CCNC(=NCCCOCC1CCOCC1)N1CCCC(C(=O)OCC)C1. The third kappa shape index (κ3) is 8.05. The Morgan fingerprint density at radius 3 is 2.81 bits per heavy atom. The van der Waals surface area contributed by atoms with Gasteiger partial charge >= 0.3 is 5.97 Å². The number of nitrogens with one attached hydrogen (secondary N) is 1. The molecule has 0 bridgehead atoms. The third-order valence-corrected chi connectivity index (χ3v) is 5.08. The average molecular weight is 384 g/mol. The minimum absolute atomic E-state index is 0.0506. The molecular formula is C20H37N3O4. The number of aliphatic imine (C=N–C) groups is 1. The fourth-order valence-corrected chi connectivity index (χ4v) is 3.56. The minimum atomic E-state index is -0.0837. The van der Waals surface area contributed by atoms with Gasteiger partial charge in [-0.2, -0.15) is 0 Å². The molecule has 0 amide bonds. The highest BCUT2D eigenvalue weighted by Gasteiger charge is 2.28. The second kappa shape index (κ2) is 12.9. The Morgan fingerprint density at radius 2 is 2.07 bits per heavy atom. The summed E-state index contributed by atoms with van der Waals surface area (Å²) in [6.45, 7) is 10.8. The van der Waals surface area contributed by atoms with E-state index in [9.17, 15) is 4.79 Å². The van der Waals surface area contributed by atoms with Crippen LogP contribution >= 0.6 is 0 Å². The number of carbonyl (C=O) groups excluding carboxylic acids is 1. The quantitative estimate of drug-likeness (QED) is 0.284. The van der Waals surface area contributed by atoms with Gasteiger partial charge in [0, 0.05) is 52.6 Å². The van der Waals surface area contributed by atoms with E-state index in [1.807, 2.05) is 6.92 Å². The first-order valence-corrected chi connectivity index (χ1v) is 10.6. The summed E-state index contributed by atoms with van der Waals surface area (Å²) in [5.41, 5.74) is 0. The lowest BCUT2D eigenvalue weighted by molar-refractivity contribution is -0.149. The molecule has 27 heavy (non-hydrogen) atoms. The van der Waals surface area contributed by atoms with E-state index < -0.39 is 0 Å². The number of piperidine rings is 1. The molecule has 0 aromatic heterocycles. The number of carbonyl (C=O) groups is 1. The van der Waals surface area contributed by atoms with Gasteiger partial charge in [-0.1, -0.05) is 0 Å². The van der Waals surface area contributed by atoms with Crippen molar-refractivity contribution in [1.82, 2.24) is 10.2 Å². The number of likely N-dealkylation sites (tertiary alicyclic amines) is 1. The summed E-state index contributed by atoms with van der Waals surface area (Å²) in [5.74, 6) is 1.41. The van der Waals surface area contributed by atoms with E-state index >= 15 is 0 Å². The van der Waals surface area contributed by atoms with Gasteiger partial charge in [0.2, 0.25) is 0 Å². The van der Waals surface area contributed by atoms with E-state index in [0.717, 1.165) is 84.1 Å². The van der Waals surface area contributed by atoms with Crippen molar-refractivity contribution in [3.8, 4) is 0 Å². The van der Waals surface area contributed by atoms with Crippen LogP contribution in [0.4, 0.5) is 0 Å². The lowest BCUT2D eigenvalue weighted by atomic mass is 9.98. The van der Waals surface area contributed by atoms with Gasteiger partial charge < -0.3 is 24.4 Å². The fourth-order valence-electron chi connectivity index (χ4n) is 3.56. The molecule has 0 aromatic carbocycles. The van der Waals surface area contributed by atoms with Crippen molar-refractivity contribution < 1.29 is 19.0 Å². The van der Waals surface area contributed by atoms with Crippen LogP contribution in [0.2, 0.25) is 0 Å². The zero-order chi connectivity index (χ0) is 19.3. The molecule has 156 valence electrons. The predicted molar refractivity (Wildman–Crippen MR) is 106 cm³/mol. The van der Waals surface area contributed by atoms with Crippen molar-refractivity contribution in [2.75, 3.05) is 59.2 Å². The number of nitrogens with zero attached hydrogens (tertiary/aromatic N) is 2. The minimum Gasteiger partial charge on any atom is -0.466 e. The summed E-state index contributed by atoms with van der Waals surface area (Å²) >= 11 is 0. The van der Waals surface area contributed by atoms with Gasteiger partial charge in [-0.3, -0.25) is 9.79 Å². The Morgan fingerprint density at radius 1 is 1.26 bits per heavy atom. The molecule has 1 unspecified atom stereocenters. The molecule has 0 spiro atoms. The number of ether oxygens (including phenoxy) is 3. The van der Waals surface area contributed by atoms with Crippen molar-refractivity contribution in [1.29, 1.82) is 0 Å². The molecule has 2 fully saturated rings. The molecule has 1 atom stereocenters. The number of esters is 1. The Labute approximate surface area is 163 Å². The second-order valence-electron chi connectivity index (χ2n) is 7.26. The van der Waals surface area contributed by atoms with Crippen molar-refractivity contribution in [2.24, 2.45) is 16.8 Å². The smallest absolute Gasteiger partial charge is 0.310 e. The molecule has 2 aliphatic rings. The van der Waals surface area contributed by atoms with Crippen LogP contribution in [0, 0.1) is 11.8 Å². The van der Waals surface area contributed by atoms with Crippen molar-refractivity contribution >= 4 is 11.9 Å². The van der Waals surface area contributed by atoms with Crippen LogP contribution in [-0.2, 0) is 19.0 Å². The van der Waals surface area contributed by atoms with Crippen LogP contribution in [0.3, 0.4) is 0 Å². The van der Waals surface area contributed by atoms with Gasteiger partial charge in [-0.05, 0) is 51.9 Å². The zero-order valence-corrected chi connectivity index (χ0v) is 17.1. The van der Waals surface area contributed by atoms with Gasteiger partial charge in [0.15, 0.2) is 5.96 Å². The number of guanidine groups is 1. The second-order valence-corrected chi connectivity index (χ2v) is 7.26.